The Kier molecular flexibility index (Phi) is 6.17. The molecular weight excluding hydrogens is 268 g/mol. The van der Waals surface area contributed by atoms with Gasteiger partial charge in [-0.15, -0.1) is 0 Å². The zero-order valence-corrected chi connectivity index (χ0v) is 12.5. The van der Waals surface area contributed by atoms with Crippen molar-refractivity contribution in [1.82, 2.24) is 10.2 Å². The van der Waals surface area contributed by atoms with E-state index in [1.807, 2.05) is 24.3 Å². The Morgan fingerprint density at radius 1 is 1.33 bits per heavy atom. The molecule has 1 amide bonds. The lowest BCUT2D eigenvalue weighted by Gasteiger charge is -2.27. The SMILES string of the molecule is CCc1ccc(C(CO)NC(=O)CN2CCOCC2)cc1. The maximum Gasteiger partial charge on any atom is 0.234 e. The van der Waals surface area contributed by atoms with Crippen LogP contribution in [-0.4, -0.2) is 55.4 Å². The van der Waals surface area contributed by atoms with Crippen molar-refractivity contribution in [2.75, 3.05) is 39.5 Å². The van der Waals surface area contributed by atoms with E-state index in [9.17, 15) is 9.90 Å². The number of benzene rings is 1. The maximum absolute atomic E-state index is 12.1. The highest BCUT2D eigenvalue weighted by atomic mass is 16.5. The summed E-state index contributed by atoms with van der Waals surface area (Å²) in [6.45, 7) is 5.27. The van der Waals surface area contributed by atoms with Gasteiger partial charge in [0.1, 0.15) is 0 Å². The smallest absolute Gasteiger partial charge is 0.234 e. The Balaban J connectivity index is 1.89. The summed E-state index contributed by atoms with van der Waals surface area (Å²) in [5.74, 6) is -0.0597. The molecule has 1 fully saturated rings. The van der Waals surface area contributed by atoms with Crippen molar-refractivity contribution in [3.8, 4) is 0 Å². The van der Waals surface area contributed by atoms with Gasteiger partial charge in [-0.1, -0.05) is 31.2 Å². The van der Waals surface area contributed by atoms with Gasteiger partial charge in [-0.05, 0) is 17.5 Å². The Morgan fingerprint density at radius 3 is 2.57 bits per heavy atom. The second-order valence-electron chi connectivity index (χ2n) is 5.29. The van der Waals surface area contributed by atoms with Crippen LogP contribution < -0.4 is 5.32 Å². The normalized spacial score (nSPS) is 17.4. The third-order valence-electron chi connectivity index (χ3n) is 3.78. The number of amides is 1. The largest absolute Gasteiger partial charge is 0.394 e. The Morgan fingerprint density at radius 2 is 2.00 bits per heavy atom. The van der Waals surface area contributed by atoms with Crippen molar-refractivity contribution in [3.63, 3.8) is 0 Å². The summed E-state index contributed by atoms with van der Waals surface area (Å²) in [7, 11) is 0. The fraction of sp³-hybridized carbons (Fsp3) is 0.562. The third kappa shape index (κ3) is 4.81. The van der Waals surface area contributed by atoms with Crippen LogP contribution in [0, 0.1) is 0 Å². The minimum Gasteiger partial charge on any atom is -0.394 e. The lowest BCUT2D eigenvalue weighted by Crippen LogP contribution is -2.44. The highest BCUT2D eigenvalue weighted by molar-refractivity contribution is 5.78. The first kappa shape index (κ1) is 15.9. The number of morpholine rings is 1. The molecule has 1 aliphatic heterocycles. The van der Waals surface area contributed by atoms with Crippen LogP contribution in [0.5, 0.6) is 0 Å². The van der Waals surface area contributed by atoms with Crippen molar-refractivity contribution in [2.45, 2.75) is 19.4 Å². The molecule has 0 saturated carbocycles. The number of nitrogens with one attached hydrogen (secondary N) is 1. The average molecular weight is 292 g/mol. The van der Waals surface area contributed by atoms with Gasteiger partial charge in [-0.25, -0.2) is 0 Å². The molecule has 5 heteroatoms. The molecule has 21 heavy (non-hydrogen) atoms. The Hall–Kier alpha value is -1.43. The predicted molar refractivity (Wildman–Crippen MR) is 81.0 cm³/mol. The molecule has 116 valence electrons. The fourth-order valence-corrected chi connectivity index (χ4v) is 2.42. The first-order valence-electron chi connectivity index (χ1n) is 7.52. The summed E-state index contributed by atoms with van der Waals surface area (Å²) in [5.41, 5.74) is 2.18. The van der Waals surface area contributed by atoms with Crippen molar-refractivity contribution in [1.29, 1.82) is 0 Å². The van der Waals surface area contributed by atoms with E-state index in [1.54, 1.807) is 0 Å². The van der Waals surface area contributed by atoms with Gasteiger partial charge >= 0.3 is 0 Å². The Labute approximate surface area is 125 Å². The average Bonchev–Trinajstić information content (AvgIpc) is 2.53. The second kappa shape index (κ2) is 8.12. The minimum absolute atomic E-state index is 0.0597. The molecule has 5 nitrogen and oxygen atoms in total. The number of carbonyl (C=O) groups excluding carboxylic acids is 1. The number of aliphatic hydroxyl groups excluding tert-OH is 1. The van der Waals surface area contributed by atoms with Gasteiger partial charge in [0, 0.05) is 13.1 Å². The van der Waals surface area contributed by atoms with E-state index >= 15 is 0 Å². The molecule has 1 atom stereocenters. The number of nitrogens with zero attached hydrogens (tertiary/aromatic N) is 1. The molecule has 0 spiro atoms. The molecule has 1 unspecified atom stereocenters. The predicted octanol–water partition coefficient (Wildman–Crippen LogP) is 0.731. The fourth-order valence-electron chi connectivity index (χ4n) is 2.42. The molecule has 0 aliphatic carbocycles. The second-order valence-corrected chi connectivity index (χ2v) is 5.29. The molecule has 1 aliphatic rings. The van der Waals surface area contributed by atoms with Crippen LogP contribution >= 0.6 is 0 Å². The van der Waals surface area contributed by atoms with E-state index in [1.165, 1.54) is 5.56 Å². The number of aryl methyl sites for hydroxylation is 1. The number of rotatable bonds is 6. The van der Waals surface area contributed by atoms with E-state index in [4.69, 9.17) is 4.74 Å². The molecule has 1 aromatic carbocycles. The highest BCUT2D eigenvalue weighted by Gasteiger charge is 2.17. The van der Waals surface area contributed by atoms with E-state index in [0.717, 1.165) is 25.1 Å². The van der Waals surface area contributed by atoms with E-state index < -0.39 is 0 Å². The zero-order chi connectivity index (χ0) is 15.1. The molecule has 2 N–H and O–H groups in total. The number of hydrogen-bond donors (Lipinski definition) is 2. The van der Waals surface area contributed by atoms with Crippen LogP contribution in [0.25, 0.3) is 0 Å². The lowest BCUT2D eigenvalue weighted by atomic mass is 10.0. The molecule has 1 saturated heterocycles. The maximum atomic E-state index is 12.1. The number of ether oxygens (including phenoxy) is 1. The van der Waals surface area contributed by atoms with Crippen LogP contribution in [0.15, 0.2) is 24.3 Å². The van der Waals surface area contributed by atoms with Crippen molar-refractivity contribution in [3.05, 3.63) is 35.4 Å². The van der Waals surface area contributed by atoms with Crippen LogP contribution in [0.4, 0.5) is 0 Å². The van der Waals surface area contributed by atoms with Gasteiger partial charge in [0.2, 0.25) is 5.91 Å². The summed E-state index contributed by atoms with van der Waals surface area (Å²) in [6.07, 6.45) is 0.980. The van der Waals surface area contributed by atoms with Crippen LogP contribution in [0.3, 0.4) is 0 Å². The Bertz CT molecular complexity index is 441. The molecule has 2 rings (SSSR count). The number of aliphatic hydroxyl groups is 1. The van der Waals surface area contributed by atoms with Crippen LogP contribution in [-0.2, 0) is 16.0 Å². The van der Waals surface area contributed by atoms with E-state index in [0.29, 0.717) is 19.8 Å². The van der Waals surface area contributed by atoms with Crippen LogP contribution in [0.1, 0.15) is 24.1 Å². The molecule has 0 radical (unpaired) electrons. The monoisotopic (exact) mass is 292 g/mol. The summed E-state index contributed by atoms with van der Waals surface area (Å²) < 4.78 is 5.26. The molecule has 0 aromatic heterocycles. The topological polar surface area (TPSA) is 61.8 Å². The molecule has 0 bridgehead atoms. The quantitative estimate of drug-likeness (QED) is 0.811. The summed E-state index contributed by atoms with van der Waals surface area (Å²) in [4.78, 5) is 14.1. The number of carbonyl (C=O) groups is 1. The standard InChI is InChI=1S/C16H24N2O3/c1-2-13-3-5-14(6-4-13)15(12-19)17-16(20)11-18-7-9-21-10-8-18/h3-6,15,19H,2,7-12H2,1H3,(H,17,20). The highest BCUT2D eigenvalue weighted by Crippen LogP contribution is 2.14. The summed E-state index contributed by atoms with van der Waals surface area (Å²) >= 11 is 0. The minimum atomic E-state index is -0.343. The van der Waals surface area contributed by atoms with E-state index in [-0.39, 0.29) is 18.6 Å². The third-order valence-corrected chi connectivity index (χ3v) is 3.78. The van der Waals surface area contributed by atoms with Crippen molar-refractivity contribution < 1.29 is 14.6 Å². The van der Waals surface area contributed by atoms with Gasteiger partial charge in [0.25, 0.3) is 0 Å². The van der Waals surface area contributed by atoms with Gasteiger partial charge in [0.05, 0.1) is 32.4 Å². The lowest BCUT2D eigenvalue weighted by molar-refractivity contribution is -0.124. The summed E-state index contributed by atoms with van der Waals surface area (Å²) in [6, 6.07) is 7.66. The van der Waals surface area contributed by atoms with E-state index in [2.05, 4.69) is 17.1 Å². The van der Waals surface area contributed by atoms with Gasteiger partial charge < -0.3 is 15.2 Å². The molecule has 1 aromatic rings. The van der Waals surface area contributed by atoms with Gasteiger partial charge in [-0.2, -0.15) is 0 Å². The van der Waals surface area contributed by atoms with Crippen molar-refractivity contribution >= 4 is 5.91 Å². The van der Waals surface area contributed by atoms with Crippen molar-refractivity contribution in [2.24, 2.45) is 0 Å². The number of hydrogen-bond acceptors (Lipinski definition) is 4. The van der Waals surface area contributed by atoms with Crippen LogP contribution in [0.2, 0.25) is 0 Å². The zero-order valence-electron chi connectivity index (χ0n) is 12.5. The first-order valence-corrected chi connectivity index (χ1v) is 7.52. The van der Waals surface area contributed by atoms with Gasteiger partial charge in [-0.3, -0.25) is 9.69 Å². The molecular formula is C16H24N2O3. The molecule has 1 heterocycles. The van der Waals surface area contributed by atoms with Gasteiger partial charge in [0.15, 0.2) is 0 Å². The first-order chi connectivity index (χ1) is 10.2. The summed E-state index contributed by atoms with van der Waals surface area (Å²) in [5, 5.41) is 12.4.